The molecule has 5 aromatic rings. The van der Waals surface area contributed by atoms with Crippen LogP contribution < -0.4 is 24.9 Å². The van der Waals surface area contributed by atoms with Crippen molar-refractivity contribution in [3.05, 3.63) is 138 Å². The van der Waals surface area contributed by atoms with E-state index in [0.29, 0.717) is 54.7 Å². The second-order valence-corrected chi connectivity index (χ2v) is 11.2. The highest BCUT2D eigenvalue weighted by Gasteiger charge is 2.33. The predicted molar refractivity (Wildman–Crippen MR) is 168 cm³/mol. The molecule has 0 bridgehead atoms. The van der Waals surface area contributed by atoms with Crippen molar-refractivity contribution in [1.29, 1.82) is 0 Å². The lowest BCUT2D eigenvalue weighted by Gasteiger charge is -2.25. The normalized spacial score (nSPS) is 14.6. The molecule has 10 heteroatoms. The average Bonchev–Trinajstić information content (AvgIpc) is 3.60. The van der Waals surface area contributed by atoms with Crippen molar-refractivity contribution in [2.75, 3.05) is 12.4 Å². The molecule has 1 aliphatic heterocycles. The van der Waals surface area contributed by atoms with Crippen molar-refractivity contribution < 1.29 is 23.8 Å². The summed E-state index contributed by atoms with van der Waals surface area (Å²) < 4.78 is 13.4. The van der Waals surface area contributed by atoms with Gasteiger partial charge in [0.1, 0.15) is 17.3 Å². The van der Waals surface area contributed by atoms with Gasteiger partial charge in [0.25, 0.3) is 11.5 Å². The van der Waals surface area contributed by atoms with Crippen LogP contribution in [0.15, 0.2) is 110 Å². The van der Waals surface area contributed by atoms with Gasteiger partial charge in [0.05, 0.1) is 34.5 Å². The first-order valence-electron chi connectivity index (χ1n) is 13.7. The Morgan fingerprint density at radius 3 is 2.57 bits per heavy atom. The fourth-order valence-electron chi connectivity index (χ4n) is 5.18. The molecule has 0 fully saturated rings. The summed E-state index contributed by atoms with van der Waals surface area (Å²) in [6, 6.07) is 23.9. The lowest BCUT2D eigenvalue weighted by atomic mass is 9.95. The SMILES string of the molecule is COc1cccc([C@@H]2C(C(=O)Nc3ccccc3)=C(C)N=c3s/c(=C\c4ccc(-c5cc(C(=O)O)ccc5C)o4)c(=O)n32)c1. The number of nitrogens with zero attached hydrogens (tertiary/aromatic N) is 2. The first kappa shape index (κ1) is 28.6. The van der Waals surface area contributed by atoms with E-state index in [1.165, 1.54) is 15.9 Å². The first-order chi connectivity index (χ1) is 21.2. The van der Waals surface area contributed by atoms with Gasteiger partial charge in [-0.05, 0) is 73.5 Å². The van der Waals surface area contributed by atoms with Crippen molar-refractivity contribution in [3.8, 4) is 17.1 Å². The molecule has 220 valence electrons. The third-order valence-electron chi connectivity index (χ3n) is 7.36. The van der Waals surface area contributed by atoms with Crippen LogP contribution in [0.5, 0.6) is 5.75 Å². The Morgan fingerprint density at radius 1 is 1.02 bits per heavy atom. The molecular weight excluding hydrogens is 578 g/mol. The molecule has 0 spiro atoms. The maximum absolute atomic E-state index is 14.0. The van der Waals surface area contributed by atoms with Gasteiger partial charge in [-0.2, -0.15) is 0 Å². The summed E-state index contributed by atoms with van der Waals surface area (Å²) in [5.41, 5.74) is 3.47. The number of furan rings is 1. The van der Waals surface area contributed by atoms with Crippen LogP contribution in [0.4, 0.5) is 5.69 Å². The Hall–Kier alpha value is -5.48. The molecule has 0 unspecified atom stereocenters. The van der Waals surface area contributed by atoms with Crippen LogP contribution in [0.25, 0.3) is 17.4 Å². The number of nitrogens with one attached hydrogen (secondary N) is 1. The van der Waals surface area contributed by atoms with Gasteiger partial charge in [0.2, 0.25) is 0 Å². The van der Waals surface area contributed by atoms with Crippen LogP contribution in [0.2, 0.25) is 0 Å². The number of methoxy groups -OCH3 is 1. The molecule has 3 heterocycles. The van der Waals surface area contributed by atoms with Gasteiger partial charge in [0.15, 0.2) is 4.80 Å². The molecule has 9 nitrogen and oxygen atoms in total. The molecular formula is C34H27N3O6S. The second-order valence-electron chi connectivity index (χ2n) is 10.2. The molecule has 0 radical (unpaired) electrons. The number of rotatable bonds is 7. The maximum Gasteiger partial charge on any atom is 0.335 e. The number of aryl methyl sites for hydroxylation is 1. The zero-order valence-electron chi connectivity index (χ0n) is 24.0. The molecule has 6 rings (SSSR count). The number of carboxylic acid groups (broad SMARTS) is 1. The van der Waals surface area contributed by atoms with E-state index < -0.39 is 12.0 Å². The number of aromatic nitrogens is 1. The number of hydrogen-bond acceptors (Lipinski definition) is 7. The lowest BCUT2D eigenvalue weighted by Crippen LogP contribution is -2.40. The smallest absolute Gasteiger partial charge is 0.335 e. The minimum absolute atomic E-state index is 0.150. The highest BCUT2D eigenvalue weighted by Crippen LogP contribution is 2.32. The van der Waals surface area contributed by atoms with E-state index in [1.54, 1.807) is 68.6 Å². The highest BCUT2D eigenvalue weighted by molar-refractivity contribution is 7.07. The molecule has 0 aliphatic carbocycles. The quantitative estimate of drug-likeness (QED) is 0.265. The fourth-order valence-corrected chi connectivity index (χ4v) is 6.21. The number of thiazole rings is 1. The van der Waals surface area contributed by atoms with Gasteiger partial charge in [-0.1, -0.05) is 47.7 Å². The molecule has 1 amide bonds. The molecule has 0 saturated heterocycles. The maximum atomic E-state index is 14.0. The van der Waals surface area contributed by atoms with Crippen LogP contribution >= 0.6 is 11.3 Å². The van der Waals surface area contributed by atoms with Crippen LogP contribution in [0.1, 0.15) is 40.2 Å². The van der Waals surface area contributed by atoms with Gasteiger partial charge in [0, 0.05) is 17.3 Å². The second kappa shape index (κ2) is 11.7. The first-order valence-corrected chi connectivity index (χ1v) is 14.5. The Balaban J connectivity index is 1.45. The Kier molecular flexibility index (Phi) is 7.59. The number of anilines is 1. The van der Waals surface area contributed by atoms with E-state index >= 15 is 0 Å². The highest BCUT2D eigenvalue weighted by atomic mass is 32.1. The van der Waals surface area contributed by atoms with E-state index in [0.717, 1.165) is 5.56 Å². The third-order valence-corrected chi connectivity index (χ3v) is 8.34. The van der Waals surface area contributed by atoms with Crippen molar-refractivity contribution in [3.63, 3.8) is 0 Å². The van der Waals surface area contributed by atoms with Crippen molar-refractivity contribution >= 4 is 35.0 Å². The predicted octanol–water partition coefficient (Wildman–Crippen LogP) is 5.15. The largest absolute Gasteiger partial charge is 0.497 e. The van der Waals surface area contributed by atoms with E-state index in [1.807, 2.05) is 43.3 Å². The lowest BCUT2D eigenvalue weighted by molar-refractivity contribution is -0.113. The number of carbonyl (C=O) groups is 2. The van der Waals surface area contributed by atoms with Crippen LogP contribution in [0.3, 0.4) is 0 Å². The molecule has 1 atom stereocenters. The van der Waals surface area contributed by atoms with Crippen molar-refractivity contribution in [1.82, 2.24) is 4.57 Å². The molecule has 2 aromatic heterocycles. The monoisotopic (exact) mass is 605 g/mol. The van der Waals surface area contributed by atoms with E-state index in [2.05, 4.69) is 10.3 Å². The summed E-state index contributed by atoms with van der Waals surface area (Å²) in [7, 11) is 1.56. The number of fused-ring (bicyclic) bond motifs is 1. The Labute approximate surface area is 255 Å². The summed E-state index contributed by atoms with van der Waals surface area (Å²) in [6.07, 6.45) is 1.63. The number of aromatic carboxylic acids is 1. The topological polar surface area (TPSA) is 123 Å². The summed E-state index contributed by atoms with van der Waals surface area (Å²) in [5.74, 6) is 0.0918. The van der Waals surface area contributed by atoms with Crippen molar-refractivity contribution in [2.24, 2.45) is 4.99 Å². The van der Waals surface area contributed by atoms with Crippen molar-refractivity contribution in [2.45, 2.75) is 19.9 Å². The molecule has 2 N–H and O–H groups in total. The molecule has 3 aromatic carbocycles. The zero-order valence-corrected chi connectivity index (χ0v) is 24.8. The number of hydrogen-bond donors (Lipinski definition) is 2. The number of para-hydroxylation sites is 1. The average molecular weight is 606 g/mol. The summed E-state index contributed by atoms with van der Waals surface area (Å²) >= 11 is 1.19. The van der Waals surface area contributed by atoms with Gasteiger partial charge in [-0.3, -0.25) is 14.2 Å². The van der Waals surface area contributed by atoms with Crippen LogP contribution in [-0.2, 0) is 4.79 Å². The summed E-state index contributed by atoms with van der Waals surface area (Å²) in [4.78, 5) is 44.4. The van der Waals surface area contributed by atoms with Gasteiger partial charge in [-0.15, -0.1) is 0 Å². The molecule has 1 aliphatic rings. The van der Waals surface area contributed by atoms with Gasteiger partial charge < -0.3 is 19.6 Å². The van der Waals surface area contributed by atoms with Gasteiger partial charge in [-0.25, -0.2) is 9.79 Å². The number of allylic oxidation sites excluding steroid dienone is 1. The number of amides is 1. The third kappa shape index (κ3) is 5.38. The van der Waals surface area contributed by atoms with E-state index in [4.69, 9.17) is 9.15 Å². The number of benzene rings is 3. The van der Waals surface area contributed by atoms with Crippen LogP contribution in [0, 0.1) is 6.92 Å². The molecule has 44 heavy (non-hydrogen) atoms. The Bertz CT molecular complexity index is 2140. The zero-order chi connectivity index (χ0) is 31.0. The van der Waals surface area contributed by atoms with E-state index in [9.17, 15) is 19.5 Å². The standard InChI is InChI=1S/C34H27N3O6S/c1-19-12-13-22(33(40)41)17-26(19)27-15-14-25(43-27)18-28-32(39)37-30(21-8-7-11-24(16-21)42-3)29(20(2)35-34(37)44-28)31(38)36-23-9-5-4-6-10-23/h4-18,30H,1-3H3,(H,36,38)(H,40,41)/b28-18-/t30-/m1/s1. The number of ether oxygens (including phenoxy) is 1. The Morgan fingerprint density at radius 2 is 1.82 bits per heavy atom. The summed E-state index contributed by atoms with van der Waals surface area (Å²) in [5, 5.41) is 12.4. The molecule has 0 saturated carbocycles. The number of carboxylic acids is 1. The minimum atomic E-state index is -1.03. The number of carbonyl (C=O) groups excluding carboxylic acids is 1. The van der Waals surface area contributed by atoms with Crippen LogP contribution in [-0.4, -0.2) is 28.7 Å². The minimum Gasteiger partial charge on any atom is -0.497 e. The fraction of sp³-hybridized carbons (Fsp3) is 0.118. The van der Waals surface area contributed by atoms with E-state index in [-0.39, 0.29) is 17.0 Å². The van der Waals surface area contributed by atoms with Gasteiger partial charge >= 0.3 is 5.97 Å². The summed E-state index contributed by atoms with van der Waals surface area (Å²) in [6.45, 7) is 3.63.